The van der Waals surface area contributed by atoms with E-state index in [2.05, 4.69) is 39.0 Å². The lowest BCUT2D eigenvalue weighted by molar-refractivity contribution is -0.384. The number of fused-ring (bicyclic) bond motifs is 1. The number of nitro benzene ring substituents is 1. The Bertz CT molecular complexity index is 951. The molecule has 1 aliphatic rings. The number of hydrogen-bond donors (Lipinski definition) is 0. The van der Waals surface area contributed by atoms with Crippen molar-refractivity contribution < 1.29 is 4.92 Å². The highest BCUT2D eigenvalue weighted by Crippen LogP contribution is 2.31. The molecule has 0 amide bonds. The molecule has 0 radical (unpaired) electrons. The lowest BCUT2D eigenvalue weighted by Crippen LogP contribution is -2.46. The number of aromatic nitrogens is 1. The number of non-ortho nitro benzene ring substituents is 1. The van der Waals surface area contributed by atoms with Crippen LogP contribution in [0.15, 0.2) is 54.6 Å². The topological polar surface area (TPSA) is 62.5 Å². The van der Waals surface area contributed by atoms with Crippen molar-refractivity contribution in [2.45, 2.75) is 6.92 Å². The van der Waals surface area contributed by atoms with E-state index in [9.17, 15) is 10.1 Å². The number of para-hydroxylation sites is 1. The molecule has 0 aliphatic carbocycles. The fraction of sp³-hybridized carbons (Fsp3) is 0.250. The van der Waals surface area contributed by atoms with E-state index in [4.69, 9.17) is 0 Å². The molecular formula is C20H20N4O2. The smallest absolute Gasteiger partial charge is 0.270 e. The molecule has 6 nitrogen and oxygen atoms in total. The zero-order valence-electron chi connectivity index (χ0n) is 14.6. The Kier molecular flexibility index (Phi) is 4.16. The molecule has 132 valence electrons. The van der Waals surface area contributed by atoms with Crippen molar-refractivity contribution in [1.82, 2.24) is 4.98 Å². The summed E-state index contributed by atoms with van der Waals surface area (Å²) in [6, 6.07) is 17.3. The molecule has 0 saturated carbocycles. The highest BCUT2D eigenvalue weighted by molar-refractivity contribution is 5.93. The van der Waals surface area contributed by atoms with Gasteiger partial charge < -0.3 is 9.80 Å². The number of rotatable bonds is 3. The van der Waals surface area contributed by atoms with Crippen LogP contribution in [0.1, 0.15) is 5.69 Å². The summed E-state index contributed by atoms with van der Waals surface area (Å²) < 4.78 is 0. The van der Waals surface area contributed by atoms with Crippen LogP contribution in [0.3, 0.4) is 0 Å². The number of anilines is 2. The highest BCUT2D eigenvalue weighted by Gasteiger charge is 2.20. The van der Waals surface area contributed by atoms with Gasteiger partial charge in [-0.3, -0.25) is 15.1 Å². The number of nitrogens with zero attached hydrogens (tertiary/aromatic N) is 4. The largest absolute Gasteiger partial charge is 0.368 e. The zero-order valence-corrected chi connectivity index (χ0v) is 14.6. The lowest BCUT2D eigenvalue weighted by Gasteiger charge is -2.37. The van der Waals surface area contributed by atoms with Gasteiger partial charge in [0.2, 0.25) is 0 Å². The van der Waals surface area contributed by atoms with Crippen LogP contribution < -0.4 is 9.80 Å². The summed E-state index contributed by atoms with van der Waals surface area (Å²) in [5.74, 6) is 0. The van der Waals surface area contributed by atoms with Gasteiger partial charge in [-0.25, -0.2) is 0 Å². The maximum absolute atomic E-state index is 11.2. The third kappa shape index (κ3) is 3.06. The summed E-state index contributed by atoms with van der Waals surface area (Å²) in [5, 5.41) is 12.0. The van der Waals surface area contributed by atoms with E-state index in [1.807, 2.05) is 19.1 Å². The van der Waals surface area contributed by atoms with Gasteiger partial charge in [-0.2, -0.15) is 0 Å². The van der Waals surface area contributed by atoms with Gasteiger partial charge in [-0.15, -0.1) is 0 Å². The summed E-state index contributed by atoms with van der Waals surface area (Å²) in [6.45, 7) is 5.54. The minimum Gasteiger partial charge on any atom is -0.368 e. The fourth-order valence-corrected chi connectivity index (χ4v) is 3.54. The SMILES string of the molecule is Cc1cc(N2CCN(c3ccccc3)CC2)c2cc([N+](=O)[O-])ccc2n1. The van der Waals surface area contributed by atoms with Crippen LogP contribution >= 0.6 is 0 Å². The predicted octanol–water partition coefficient (Wildman–Crippen LogP) is 3.78. The van der Waals surface area contributed by atoms with E-state index >= 15 is 0 Å². The Morgan fingerprint density at radius 2 is 1.65 bits per heavy atom. The van der Waals surface area contributed by atoms with Crippen LogP contribution in [0.2, 0.25) is 0 Å². The van der Waals surface area contributed by atoms with Gasteiger partial charge in [0.05, 0.1) is 10.4 Å². The van der Waals surface area contributed by atoms with Crippen molar-refractivity contribution in [1.29, 1.82) is 0 Å². The predicted molar refractivity (Wildman–Crippen MR) is 104 cm³/mol. The third-order valence-electron chi connectivity index (χ3n) is 4.85. The van der Waals surface area contributed by atoms with Crippen molar-refractivity contribution in [2.75, 3.05) is 36.0 Å². The molecule has 0 N–H and O–H groups in total. The van der Waals surface area contributed by atoms with E-state index in [-0.39, 0.29) is 10.6 Å². The average Bonchev–Trinajstić information content (AvgIpc) is 2.67. The van der Waals surface area contributed by atoms with Crippen molar-refractivity contribution in [3.05, 3.63) is 70.4 Å². The normalized spacial score (nSPS) is 14.7. The standard InChI is InChI=1S/C20H20N4O2/c1-15-13-20(18-14-17(24(25)26)7-8-19(18)21-15)23-11-9-22(10-12-23)16-5-3-2-4-6-16/h2-8,13-14H,9-12H2,1H3. The van der Waals surface area contributed by atoms with Crippen LogP contribution in [0.4, 0.5) is 17.1 Å². The molecule has 2 heterocycles. The average molecular weight is 348 g/mol. The minimum absolute atomic E-state index is 0.104. The van der Waals surface area contributed by atoms with Crippen LogP contribution in [-0.4, -0.2) is 36.1 Å². The minimum atomic E-state index is -0.351. The Labute approximate surface area is 151 Å². The number of benzene rings is 2. The van der Waals surface area contributed by atoms with Gasteiger partial charge in [0.25, 0.3) is 5.69 Å². The van der Waals surface area contributed by atoms with Gasteiger partial charge in [0, 0.05) is 60.8 Å². The van der Waals surface area contributed by atoms with E-state index in [1.165, 1.54) is 11.8 Å². The molecule has 4 rings (SSSR count). The molecule has 1 fully saturated rings. The second kappa shape index (κ2) is 6.63. The van der Waals surface area contributed by atoms with E-state index in [1.54, 1.807) is 12.1 Å². The summed E-state index contributed by atoms with van der Waals surface area (Å²) in [6.07, 6.45) is 0. The molecule has 2 aromatic carbocycles. The Morgan fingerprint density at radius 1 is 0.962 bits per heavy atom. The van der Waals surface area contributed by atoms with Crippen molar-refractivity contribution in [3.63, 3.8) is 0 Å². The molecule has 0 bridgehead atoms. The first-order chi connectivity index (χ1) is 12.6. The van der Waals surface area contributed by atoms with Crippen molar-refractivity contribution in [3.8, 4) is 0 Å². The molecule has 26 heavy (non-hydrogen) atoms. The van der Waals surface area contributed by atoms with Gasteiger partial charge in [0.15, 0.2) is 0 Å². The van der Waals surface area contributed by atoms with Crippen molar-refractivity contribution >= 4 is 28.0 Å². The maximum atomic E-state index is 11.2. The van der Waals surface area contributed by atoms with Crippen LogP contribution in [0.25, 0.3) is 10.9 Å². The Balaban J connectivity index is 1.64. The quantitative estimate of drug-likeness (QED) is 0.532. The fourth-order valence-electron chi connectivity index (χ4n) is 3.54. The Hall–Kier alpha value is -3.15. The number of hydrogen-bond acceptors (Lipinski definition) is 5. The molecule has 1 saturated heterocycles. The molecule has 3 aromatic rings. The molecular weight excluding hydrogens is 328 g/mol. The van der Waals surface area contributed by atoms with Gasteiger partial charge in [-0.05, 0) is 31.2 Å². The molecule has 1 aliphatic heterocycles. The molecule has 0 spiro atoms. The number of piperazine rings is 1. The van der Waals surface area contributed by atoms with Crippen molar-refractivity contribution in [2.24, 2.45) is 0 Å². The second-order valence-electron chi connectivity index (χ2n) is 6.55. The van der Waals surface area contributed by atoms with E-state index < -0.39 is 0 Å². The van der Waals surface area contributed by atoms with E-state index in [0.717, 1.165) is 48.5 Å². The summed E-state index contributed by atoms with van der Waals surface area (Å²) in [4.78, 5) is 20.0. The zero-order chi connectivity index (χ0) is 18.1. The lowest BCUT2D eigenvalue weighted by atomic mass is 10.1. The molecule has 0 unspecified atom stereocenters. The number of aryl methyl sites for hydroxylation is 1. The highest BCUT2D eigenvalue weighted by atomic mass is 16.6. The van der Waals surface area contributed by atoms with Crippen LogP contribution in [0, 0.1) is 17.0 Å². The maximum Gasteiger partial charge on any atom is 0.270 e. The van der Waals surface area contributed by atoms with Crippen LogP contribution in [-0.2, 0) is 0 Å². The second-order valence-corrected chi connectivity index (χ2v) is 6.55. The van der Waals surface area contributed by atoms with Gasteiger partial charge >= 0.3 is 0 Å². The van der Waals surface area contributed by atoms with Gasteiger partial charge in [-0.1, -0.05) is 18.2 Å². The number of pyridine rings is 1. The van der Waals surface area contributed by atoms with Crippen LogP contribution in [0.5, 0.6) is 0 Å². The first-order valence-electron chi connectivity index (χ1n) is 8.72. The summed E-state index contributed by atoms with van der Waals surface area (Å²) in [7, 11) is 0. The first-order valence-corrected chi connectivity index (χ1v) is 8.72. The molecule has 6 heteroatoms. The third-order valence-corrected chi connectivity index (χ3v) is 4.85. The first kappa shape index (κ1) is 16.3. The molecule has 0 atom stereocenters. The number of nitro groups is 1. The monoisotopic (exact) mass is 348 g/mol. The Morgan fingerprint density at radius 3 is 2.35 bits per heavy atom. The van der Waals surface area contributed by atoms with E-state index in [0.29, 0.717) is 0 Å². The summed E-state index contributed by atoms with van der Waals surface area (Å²) in [5.41, 5.74) is 4.10. The summed E-state index contributed by atoms with van der Waals surface area (Å²) >= 11 is 0. The molecule has 1 aromatic heterocycles. The van der Waals surface area contributed by atoms with Gasteiger partial charge in [0.1, 0.15) is 0 Å².